The molecule has 1 N–H and O–H groups in total. The van der Waals surface area contributed by atoms with E-state index in [1.165, 1.54) is 0 Å². The molecule has 0 saturated heterocycles. The van der Waals surface area contributed by atoms with Crippen LogP contribution in [0, 0.1) is 6.92 Å². The van der Waals surface area contributed by atoms with Crippen LogP contribution < -0.4 is 14.8 Å². The molecule has 5 nitrogen and oxygen atoms in total. The molecule has 26 heavy (non-hydrogen) atoms. The van der Waals surface area contributed by atoms with Gasteiger partial charge in [-0.15, -0.1) is 0 Å². The first-order valence-corrected chi connectivity index (χ1v) is 8.77. The van der Waals surface area contributed by atoms with E-state index in [4.69, 9.17) is 13.9 Å². The SMILES string of the molecule is CCOc1ccc(NC(=O)Cc2coc3cc(C)ccc23)cc1OCC. The number of furan rings is 1. The van der Waals surface area contributed by atoms with Crippen molar-refractivity contribution < 1.29 is 18.7 Å². The van der Waals surface area contributed by atoms with Crippen molar-refractivity contribution in [2.45, 2.75) is 27.2 Å². The lowest BCUT2D eigenvalue weighted by Gasteiger charge is -2.13. The second-order valence-electron chi connectivity index (χ2n) is 6.01. The van der Waals surface area contributed by atoms with Crippen LogP contribution in [0.3, 0.4) is 0 Å². The van der Waals surface area contributed by atoms with Crippen LogP contribution in [0.25, 0.3) is 11.0 Å². The maximum atomic E-state index is 12.4. The van der Waals surface area contributed by atoms with Crippen LogP contribution in [0.4, 0.5) is 5.69 Å². The van der Waals surface area contributed by atoms with E-state index in [-0.39, 0.29) is 12.3 Å². The van der Waals surface area contributed by atoms with Gasteiger partial charge in [0, 0.05) is 22.7 Å². The summed E-state index contributed by atoms with van der Waals surface area (Å²) in [5, 5.41) is 3.87. The van der Waals surface area contributed by atoms with Crippen molar-refractivity contribution >= 4 is 22.6 Å². The van der Waals surface area contributed by atoms with Crippen molar-refractivity contribution in [1.29, 1.82) is 0 Å². The fourth-order valence-corrected chi connectivity index (χ4v) is 2.83. The minimum Gasteiger partial charge on any atom is -0.490 e. The number of rotatable bonds is 7. The Morgan fingerprint density at radius 3 is 2.58 bits per heavy atom. The number of amides is 1. The fraction of sp³-hybridized carbons (Fsp3) is 0.286. The lowest BCUT2D eigenvalue weighted by atomic mass is 10.1. The monoisotopic (exact) mass is 353 g/mol. The minimum atomic E-state index is -0.111. The van der Waals surface area contributed by atoms with Gasteiger partial charge in [0.15, 0.2) is 11.5 Å². The van der Waals surface area contributed by atoms with Gasteiger partial charge in [-0.25, -0.2) is 0 Å². The smallest absolute Gasteiger partial charge is 0.228 e. The molecule has 0 aliphatic rings. The predicted octanol–water partition coefficient (Wildman–Crippen LogP) is 4.72. The maximum absolute atomic E-state index is 12.4. The van der Waals surface area contributed by atoms with Gasteiger partial charge in [-0.1, -0.05) is 12.1 Å². The van der Waals surface area contributed by atoms with Crippen molar-refractivity contribution in [3.8, 4) is 11.5 Å². The van der Waals surface area contributed by atoms with E-state index < -0.39 is 0 Å². The molecule has 0 spiro atoms. The van der Waals surface area contributed by atoms with Crippen molar-refractivity contribution in [2.75, 3.05) is 18.5 Å². The number of carbonyl (C=O) groups is 1. The summed E-state index contributed by atoms with van der Waals surface area (Å²) in [5.74, 6) is 1.18. The van der Waals surface area contributed by atoms with Crippen LogP contribution in [-0.2, 0) is 11.2 Å². The Balaban J connectivity index is 1.73. The normalized spacial score (nSPS) is 10.7. The number of ether oxygens (including phenoxy) is 2. The van der Waals surface area contributed by atoms with Crippen molar-refractivity contribution in [1.82, 2.24) is 0 Å². The average Bonchev–Trinajstić information content (AvgIpc) is 2.99. The summed E-state index contributed by atoms with van der Waals surface area (Å²) in [6.07, 6.45) is 1.89. The number of anilines is 1. The third-order valence-corrected chi connectivity index (χ3v) is 3.99. The highest BCUT2D eigenvalue weighted by molar-refractivity contribution is 5.95. The quantitative estimate of drug-likeness (QED) is 0.668. The van der Waals surface area contributed by atoms with Gasteiger partial charge < -0.3 is 19.2 Å². The number of benzene rings is 2. The van der Waals surface area contributed by atoms with Crippen LogP contribution in [0.1, 0.15) is 25.0 Å². The average molecular weight is 353 g/mol. The molecule has 0 aliphatic carbocycles. The Morgan fingerprint density at radius 2 is 1.81 bits per heavy atom. The van der Waals surface area contributed by atoms with Crippen molar-refractivity contribution in [3.63, 3.8) is 0 Å². The standard InChI is InChI=1S/C21H23NO4/c1-4-24-18-9-7-16(12-20(18)25-5-2)22-21(23)11-15-13-26-19-10-14(3)6-8-17(15)19/h6-10,12-13H,4-5,11H2,1-3H3,(H,22,23). The zero-order valence-corrected chi connectivity index (χ0v) is 15.3. The highest BCUT2D eigenvalue weighted by Crippen LogP contribution is 2.31. The lowest BCUT2D eigenvalue weighted by molar-refractivity contribution is -0.115. The van der Waals surface area contributed by atoms with Crippen LogP contribution in [-0.4, -0.2) is 19.1 Å². The molecular formula is C21H23NO4. The van der Waals surface area contributed by atoms with Crippen LogP contribution in [0.2, 0.25) is 0 Å². The topological polar surface area (TPSA) is 60.7 Å². The van der Waals surface area contributed by atoms with E-state index in [9.17, 15) is 4.79 Å². The molecule has 5 heteroatoms. The predicted molar refractivity (Wildman–Crippen MR) is 102 cm³/mol. The first-order chi connectivity index (χ1) is 12.6. The molecule has 0 radical (unpaired) electrons. The summed E-state index contributed by atoms with van der Waals surface area (Å²) in [4.78, 5) is 12.4. The summed E-state index contributed by atoms with van der Waals surface area (Å²) in [7, 11) is 0. The molecule has 136 valence electrons. The Labute approximate surface area is 152 Å². The van der Waals surface area contributed by atoms with Gasteiger partial charge in [0.05, 0.1) is 25.9 Å². The molecule has 1 amide bonds. The van der Waals surface area contributed by atoms with E-state index in [0.717, 1.165) is 22.1 Å². The number of carbonyl (C=O) groups excluding carboxylic acids is 1. The highest BCUT2D eigenvalue weighted by Gasteiger charge is 2.12. The van der Waals surface area contributed by atoms with Gasteiger partial charge in [0.25, 0.3) is 0 Å². The van der Waals surface area contributed by atoms with Gasteiger partial charge in [0.1, 0.15) is 5.58 Å². The van der Waals surface area contributed by atoms with E-state index in [0.29, 0.717) is 30.4 Å². The molecular weight excluding hydrogens is 330 g/mol. The number of nitrogens with one attached hydrogen (secondary N) is 1. The Bertz CT molecular complexity index is 914. The molecule has 0 fully saturated rings. The van der Waals surface area contributed by atoms with Gasteiger partial charge >= 0.3 is 0 Å². The molecule has 0 unspecified atom stereocenters. The Hall–Kier alpha value is -2.95. The molecule has 0 aliphatic heterocycles. The molecule has 1 aromatic heterocycles. The van der Waals surface area contributed by atoms with E-state index in [1.54, 1.807) is 18.4 Å². The molecule has 0 saturated carbocycles. The first kappa shape index (κ1) is 17.9. The zero-order chi connectivity index (χ0) is 18.5. The minimum absolute atomic E-state index is 0.111. The largest absolute Gasteiger partial charge is 0.490 e. The molecule has 3 aromatic rings. The molecule has 1 heterocycles. The molecule has 0 bridgehead atoms. The first-order valence-electron chi connectivity index (χ1n) is 8.77. The summed E-state index contributed by atoms with van der Waals surface area (Å²) in [6.45, 7) is 6.92. The fourth-order valence-electron chi connectivity index (χ4n) is 2.83. The van der Waals surface area contributed by atoms with Gasteiger partial charge in [-0.05, 0) is 44.5 Å². The van der Waals surface area contributed by atoms with E-state index in [2.05, 4.69) is 5.32 Å². The maximum Gasteiger partial charge on any atom is 0.228 e. The van der Waals surface area contributed by atoms with E-state index >= 15 is 0 Å². The van der Waals surface area contributed by atoms with E-state index in [1.807, 2.05) is 45.0 Å². The molecule has 2 aromatic carbocycles. The summed E-state index contributed by atoms with van der Waals surface area (Å²) >= 11 is 0. The third-order valence-electron chi connectivity index (χ3n) is 3.99. The van der Waals surface area contributed by atoms with Crippen molar-refractivity contribution in [3.05, 3.63) is 53.8 Å². The lowest BCUT2D eigenvalue weighted by Crippen LogP contribution is -2.14. The highest BCUT2D eigenvalue weighted by atomic mass is 16.5. The van der Waals surface area contributed by atoms with Gasteiger partial charge in [-0.3, -0.25) is 4.79 Å². The van der Waals surface area contributed by atoms with Gasteiger partial charge in [0.2, 0.25) is 5.91 Å². The second kappa shape index (κ2) is 7.95. The summed E-state index contributed by atoms with van der Waals surface area (Å²) in [5.41, 5.74) is 3.47. The Kier molecular flexibility index (Phi) is 5.46. The summed E-state index contributed by atoms with van der Waals surface area (Å²) < 4.78 is 16.7. The number of fused-ring (bicyclic) bond motifs is 1. The third kappa shape index (κ3) is 3.99. The van der Waals surface area contributed by atoms with Crippen LogP contribution in [0.15, 0.2) is 47.1 Å². The Morgan fingerprint density at radius 1 is 1.04 bits per heavy atom. The molecule has 0 atom stereocenters. The summed E-state index contributed by atoms with van der Waals surface area (Å²) in [6, 6.07) is 11.4. The van der Waals surface area contributed by atoms with Gasteiger partial charge in [-0.2, -0.15) is 0 Å². The molecule has 3 rings (SSSR count). The zero-order valence-electron chi connectivity index (χ0n) is 15.3. The number of hydrogen-bond donors (Lipinski definition) is 1. The second-order valence-corrected chi connectivity index (χ2v) is 6.01. The van der Waals surface area contributed by atoms with Crippen LogP contribution in [0.5, 0.6) is 11.5 Å². The number of aryl methyl sites for hydroxylation is 1. The van der Waals surface area contributed by atoms with Crippen molar-refractivity contribution in [2.24, 2.45) is 0 Å². The van der Waals surface area contributed by atoms with Crippen LogP contribution >= 0.6 is 0 Å². The number of hydrogen-bond acceptors (Lipinski definition) is 4.